The number of nitrogens with zero attached hydrogens (tertiary/aromatic N) is 2. The Labute approximate surface area is 100 Å². The summed E-state index contributed by atoms with van der Waals surface area (Å²) in [4.78, 5) is 13.1. The van der Waals surface area contributed by atoms with Crippen LogP contribution >= 0.6 is 11.6 Å². The van der Waals surface area contributed by atoms with E-state index in [4.69, 9.17) is 16.9 Å². The highest BCUT2D eigenvalue weighted by molar-refractivity contribution is 6.30. The third-order valence-corrected chi connectivity index (χ3v) is 2.34. The molecule has 0 atom stereocenters. The summed E-state index contributed by atoms with van der Waals surface area (Å²) in [6.07, 6.45) is -0.0229. The Kier molecular flexibility index (Phi) is 4.97. The van der Waals surface area contributed by atoms with Gasteiger partial charge in [-0.3, -0.25) is 9.69 Å². The lowest BCUT2D eigenvalue weighted by Gasteiger charge is -2.14. The summed E-state index contributed by atoms with van der Waals surface area (Å²) in [6, 6.07) is 9.34. The molecule has 0 fully saturated rings. The van der Waals surface area contributed by atoms with Gasteiger partial charge in [0, 0.05) is 11.6 Å². The molecule has 0 amide bonds. The first kappa shape index (κ1) is 12.7. The molecule has 0 aliphatic heterocycles. The topological polar surface area (TPSA) is 44.1 Å². The summed E-state index contributed by atoms with van der Waals surface area (Å²) in [5, 5.41) is 9.07. The lowest BCUT2D eigenvalue weighted by molar-refractivity contribution is -0.119. The lowest BCUT2D eigenvalue weighted by atomic mass is 10.2. The molecule has 4 heteroatoms. The van der Waals surface area contributed by atoms with Crippen molar-refractivity contribution in [1.29, 1.82) is 5.26 Å². The SMILES string of the molecule is CN(CC(=O)CC#N)Cc1ccc(Cl)cc1. The van der Waals surface area contributed by atoms with Gasteiger partial charge in [-0.25, -0.2) is 0 Å². The highest BCUT2D eigenvalue weighted by Gasteiger charge is 2.06. The highest BCUT2D eigenvalue weighted by Crippen LogP contribution is 2.10. The number of hydrogen-bond donors (Lipinski definition) is 0. The van der Waals surface area contributed by atoms with Crippen molar-refractivity contribution < 1.29 is 4.79 Å². The van der Waals surface area contributed by atoms with E-state index >= 15 is 0 Å². The zero-order valence-electron chi connectivity index (χ0n) is 9.11. The molecule has 0 aliphatic rings. The molecule has 1 aromatic rings. The van der Waals surface area contributed by atoms with Gasteiger partial charge in [0.2, 0.25) is 0 Å². The molecule has 0 saturated carbocycles. The largest absolute Gasteiger partial charge is 0.297 e. The van der Waals surface area contributed by atoms with Crippen LogP contribution in [0.1, 0.15) is 12.0 Å². The Hall–Kier alpha value is -1.37. The molecule has 0 radical (unpaired) electrons. The van der Waals surface area contributed by atoms with E-state index in [0.29, 0.717) is 18.1 Å². The average Bonchev–Trinajstić information content (AvgIpc) is 2.21. The zero-order chi connectivity index (χ0) is 12.0. The minimum Gasteiger partial charge on any atom is -0.297 e. The maximum atomic E-state index is 11.2. The number of halogens is 1. The maximum Gasteiger partial charge on any atom is 0.160 e. The van der Waals surface area contributed by atoms with E-state index in [0.717, 1.165) is 5.56 Å². The van der Waals surface area contributed by atoms with Crippen LogP contribution in [0.3, 0.4) is 0 Å². The van der Waals surface area contributed by atoms with Gasteiger partial charge < -0.3 is 0 Å². The van der Waals surface area contributed by atoms with Gasteiger partial charge in [0.15, 0.2) is 5.78 Å². The van der Waals surface area contributed by atoms with E-state index in [1.165, 1.54) is 0 Å². The van der Waals surface area contributed by atoms with E-state index in [1.807, 2.05) is 42.3 Å². The van der Waals surface area contributed by atoms with Crippen LogP contribution in [0.2, 0.25) is 5.02 Å². The molecule has 0 aromatic heterocycles. The van der Waals surface area contributed by atoms with Crippen molar-refractivity contribution in [1.82, 2.24) is 4.90 Å². The summed E-state index contributed by atoms with van der Waals surface area (Å²) in [5.74, 6) is -0.0565. The Morgan fingerprint density at radius 1 is 1.44 bits per heavy atom. The van der Waals surface area contributed by atoms with Crippen molar-refractivity contribution in [2.24, 2.45) is 0 Å². The van der Waals surface area contributed by atoms with Gasteiger partial charge in [-0.15, -0.1) is 0 Å². The molecule has 0 N–H and O–H groups in total. The van der Waals surface area contributed by atoms with Crippen LogP contribution < -0.4 is 0 Å². The van der Waals surface area contributed by atoms with E-state index in [-0.39, 0.29) is 12.2 Å². The van der Waals surface area contributed by atoms with Crippen molar-refractivity contribution in [2.75, 3.05) is 13.6 Å². The zero-order valence-corrected chi connectivity index (χ0v) is 9.87. The summed E-state index contributed by atoms with van der Waals surface area (Å²) < 4.78 is 0. The normalized spacial score (nSPS) is 10.1. The molecule has 1 rings (SSSR count). The van der Waals surface area contributed by atoms with Crippen molar-refractivity contribution in [3.05, 3.63) is 34.9 Å². The van der Waals surface area contributed by atoms with Crippen molar-refractivity contribution >= 4 is 17.4 Å². The van der Waals surface area contributed by atoms with Crippen molar-refractivity contribution in [3.8, 4) is 6.07 Å². The van der Waals surface area contributed by atoms with E-state index in [1.54, 1.807) is 0 Å². The summed E-state index contributed by atoms with van der Waals surface area (Å²) >= 11 is 5.77. The fraction of sp³-hybridized carbons (Fsp3) is 0.333. The van der Waals surface area contributed by atoms with Gasteiger partial charge in [0.1, 0.15) is 0 Å². The van der Waals surface area contributed by atoms with Gasteiger partial charge in [0.25, 0.3) is 0 Å². The number of ketones is 1. The lowest BCUT2D eigenvalue weighted by Crippen LogP contribution is -2.25. The molecule has 0 unspecified atom stereocenters. The van der Waals surface area contributed by atoms with Crippen molar-refractivity contribution in [2.45, 2.75) is 13.0 Å². The number of carbonyl (C=O) groups excluding carboxylic acids is 1. The number of Topliss-reactive ketones (excluding diaryl/α,β-unsaturated/α-hetero) is 1. The fourth-order valence-electron chi connectivity index (χ4n) is 1.40. The Bertz CT molecular complexity index is 394. The van der Waals surface area contributed by atoms with Gasteiger partial charge >= 0.3 is 0 Å². The quantitative estimate of drug-likeness (QED) is 0.788. The Morgan fingerprint density at radius 3 is 2.62 bits per heavy atom. The van der Waals surface area contributed by atoms with Crippen LogP contribution in [0.5, 0.6) is 0 Å². The Morgan fingerprint density at radius 2 is 2.06 bits per heavy atom. The number of likely N-dealkylation sites (N-methyl/N-ethyl adjacent to an activating group) is 1. The van der Waals surface area contributed by atoms with E-state index in [2.05, 4.69) is 0 Å². The predicted octanol–water partition coefficient (Wildman–Crippen LogP) is 2.25. The van der Waals surface area contributed by atoms with Gasteiger partial charge in [-0.2, -0.15) is 5.26 Å². The molecule has 0 heterocycles. The van der Waals surface area contributed by atoms with Crippen LogP contribution in [0.15, 0.2) is 24.3 Å². The fourth-order valence-corrected chi connectivity index (χ4v) is 1.53. The molecule has 3 nitrogen and oxygen atoms in total. The second-order valence-corrected chi connectivity index (χ2v) is 4.11. The van der Waals surface area contributed by atoms with Crippen LogP contribution in [-0.2, 0) is 11.3 Å². The van der Waals surface area contributed by atoms with E-state index in [9.17, 15) is 4.79 Å². The molecule has 0 aliphatic carbocycles. The predicted molar refractivity (Wildman–Crippen MR) is 63.0 cm³/mol. The molecule has 16 heavy (non-hydrogen) atoms. The monoisotopic (exact) mass is 236 g/mol. The molecular formula is C12H13ClN2O. The number of benzene rings is 1. The van der Waals surface area contributed by atoms with Gasteiger partial charge in [0.05, 0.1) is 19.0 Å². The molecule has 0 bridgehead atoms. The van der Waals surface area contributed by atoms with E-state index < -0.39 is 0 Å². The van der Waals surface area contributed by atoms with Crippen LogP contribution in [0, 0.1) is 11.3 Å². The second kappa shape index (κ2) is 6.26. The van der Waals surface area contributed by atoms with Gasteiger partial charge in [-0.1, -0.05) is 23.7 Å². The number of carbonyl (C=O) groups is 1. The summed E-state index contributed by atoms with van der Waals surface area (Å²) in [5.41, 5.74) is 1.09. The number of nitriles is 1. The maximum absolute atomic E-state index is 11.2. The third kappa shape index (κ3) is 4.43. The van der Waals surface area contributed by atoms with Crippen LogP contribution in [-0.4, -0.2) is 24.3 Å². The third-order valence-electron chi connectivity index (χ3n) is 2.09. The average molecular weight is 237 g/mol. The molecule has 0 spiro atoms. The van der Waals surface area contributed by atoms with Crippen LogP contribution in [0.25, 0.3) is 0 Å². The Balaban J connectivity index is 2.45. The first-order valence-electron chi connectivity index (χ1n) is 4.93. The second-order valence-electron chi connectivity index (χ2n) is 3.67. The number of rotatable bonds is 5. The first-order valence-corrected chi connectivity index (χ1v) is 5.31. The number of hydrogen-bond acceptors (Lipinski definition) is 3. The smallest absolute Gasteiger partial charge is 0.160 e. The highest BCUT2D eigenvalue weighted by atomic mass is 35.5. The van der Waals surface area contributed by atoms with Crippen molar-refractivity contribution in [3.63, 3.8) is 0 Å². The molecule has 1 aromatic carbocycles. The minimum atomic E-state index is -0.0565. The minimum absolute atomic E-state index is 0.0229. The summed E-state index contributed by atoms with van der Waals surface area (Å²) in [6.45, 7) is 0.977. The van der Waals surface area contributed by atoms with Gasteiger partial charge in [-0.05, 0) is 24.7 Å². The van der Waals surface area contributed by atoms with Crippen LogP contribution in [0.4, 0.5) is 0 Å². The molecule has 84 valence electrons. The summed E-state index contributed by atoms with van der Waals surface area (Å²) in [7, 11) is 1.85. The first-order chi connectivity index (χ1) is 7.61. The molecular weight excluding hydrogens is 224 g/mol. The molecule has 0 saturated heterocycles. The standard InChI is InChI=1S/C12H13ClN2O/c1-15(9-12(16)6-7-14)8-10-2-4-11(13)5-3-10/h2-5H,6,8-9H2,1H3.